The summed E-state index contributed by atoms with van der Waals surface area (Å²) in [5.74, 6) is 0.674. The maximum atomic E-state index is 13.2. The predicted molar refractivity (Wildman–Crippen MR) is 152 cm³/mol. The van der Waals surface area contributed by atoms with Gasteiger partial charge < -0.3 is 30.7 Å². The smallest absolute Gasteiger partial charge is 0.319 e. The molecule has 0 atom stereocenters. The average molecular weight is 548 g/mol. The van der Waals surface area contributed by atoms with Crippen LogP contribution in [-0.4, -0.2) is 43.2 Å². The maximum Gasteiger partial charge on any atom is 0.319 e. The summed E-state index contributed by atoms with van der Waals surface area (Å²) < 4.78 is 10.6. The Bertz CT molecular complexity index is 1340. The summed E-state index contributed by atoms with van der Waals surface area (Å²) in [7, 11) is 3.08. The minimum absolute atomic E-state index is 0.0304. The lowest BCUT2D eigenvalue weighted by Gasteiger charge is -2.30. The molecular weight excluding hydrogens is 514 g/mol. The SMILES string of the molecule is COc1ccc(CNC(=O)c2cc([N+](=O)[O-])ccc2NC2CCC(NC(=O)Nc3ccccc3)CC2)cc1OC. The second-order valence-corrected chi connectivity index (χ2v) is 9.52. The van der Waals surface area contributed by atoms with Crippen LogP contribution in [0.2, 0.25) is 0 Å². The highest BCUT2D eigenvalue weighted by Crippen LogP contribution is 2.29. The predicted octanol–water partition coefficient (Wildman–Crippen LogP) is 5.09. The van der Waals surface area contributed by atoms with Crippen molar-refractivity contribution in [3.63, 3.8) is 0 Å². The monoisotopic (exact) mass is 547 g/mol. The molecule has 3 aromatic carbocycles. The zero-order chi connectivity index (χ0) is 28.5. The van der Waals surface area contributed by atoms with Crippen LogP contribution in [-0.2, 0) is 6.54 Å². The van der Waals surface area contributed by atoms with Crippen molar-refractivity contribution in [2.45, 2.75) is 44.3 Å². The van der Waals surface area contributed by atoms with Crippen molar-refractivity contribution < 1.29 is 24.0 Å². The van der Waals surface area contributed by atoms with Gasteiger partial charge in [-0.1, -0.05) is 24.3 Å². The van der Waals surface area contributed by atoms with E-state index in [1.54, 1.807) is 31.4 Å². The van der Waals surface area contributed by atoms with Gasteiger partial charge in [0.05, 0.1) is 24.7 Å². The fourth-order valence-corrected chi connectivity index (χ4v) is 4.70. The van der Waals surface area contributed by atoms with Crippen LogP contribution < -0.4 is 30.7 Å². The number of urea groups is 1. The standard InChI is InChI=1S/C29H33N5O6/c1-39-26-15-8-19(16-27(26)40-2)18-30-28(35)24-17-23(34(37)38)13-14-25(24)31-21-9-11-22(12-10-21)33-29(36)32-20-6-4-3-5-7-20/h3-8,13-17,21-22,31H,9-12,18H2,1-2H3,(H,30,35)(H2,32,33,36). The third-order valence-corrected chi connectivity index (χ3v) is 6.81. The summed E-state index contributed by atoms with van der Waals surface area (Å²) in [6.45, 7) is 0.198. The van der Waals surface area contributed by atoms with Gasteiger partial charge in [-0.2, -0.15) is 0 Å². The Morgan fingerprint density at radius 1 is 0.900 bits per heavy atom. The molecule has 0 heterocycles. The van der Waals surface area contributed by atoms with Gasteiger partial charge in [-0.05, 0) is 61.6 Å². The lowest BCUT2D eigenvalue weighted by atomic mass is 9.91. The van der Waals surface area contributed by atoms with Crippen molar-refractivity contribution >= 4 is 29.0 Å². The van der Waals surface area contributed by atoms with E-state index in [-0.39, 0.29) is 35.9 Å². The third-order valence-electron chi connectivity index (χ3n) is 6.81. The molecule has 1 aliphatic carbocycles. The Morgan fingerprint density at radius 2 is 1.60 bits per heavy atom. The van der Waals surface area contributed by atoms with Crippen molar-refractivity contribution in [1.29, 1.82) is 0 Å². The first-order chi connectivity index (χ1) is 19.4. The first-order valence-corrected chi connectivity index (χ1v) is 13.0. The minimum atomic E-state index is -0.522. The first-order valence-electron chi connectivity index (χ1n) is 13.0. The van der Waals surface area contributed by atoms with E-state index in [0.717, 1.165) is 36.9 Å². The molecule has 4 rings (SSSR count). The molecule has 1 fully saturated rings. The van der Waals surface area contributed by atoms with Gasteiger partial charge in [-0.15, -0.1) is 0 Å². The number of nitrogens with zero attached hydrogens (tertiary/aromatic N) is 1. The Balaban J connectivity index is 1.36. The average Bonchev–Trinajstić information content (AvgIpc) is 2.97. The molecule has 1 aliphatic rings. The van der Waals surface area contributed by atoms with Gasteiger partial charge in [-0.3, -0.25) is 14.9 Å². The van der Waals surface area contributed by atoms with E-state index in [1.165, 1.54) is 19.2 Å². The van der Waals surface area contributed by atoms with Crippen LogP contribution in [0.5, 0.6) is 11.5 Å². The minimum Gasteiger partial charge on any atom is -0.493 e. The number of carbonyl (C=O) groups excluding carboxylic acids is 2. The largest absolute Gasteiger partial charge is 0.493 e. The van der Waals surface area contributed by atoms with Crippen LogP contribution in [0.4, 0.5) is 21.9 Å². The van der Waals surface area contributed by atoms with E-state index >= 15 is 0 Å². The van der Waals surface area contributed by atoms with Crippen LogP contribution in [0.1, 0.15) is 41.6 Å². The van der Waals surface area contributed by atoms with Gasteiger partial charge in [0.1, 0.15) is 0 Å². The molecule has 210 valence electrons. The molecule has 3 aromatic rings. The molecule has 4 N–H and O–H groups in total. The molecule has 0 bridgehead atoms. The van der Waals surface area contributed by atoms with E-state index < -0.39 is 10.8 Å². The van der Waals surface area contributed by atoms with Gasteiger partial charge in [0.2, 0.25) is 0 Å². The van der Waals surface area contributed by atoms with Crippen LogP contribution in [0.3, 0.4) is 0 Å². The number of ether oxygens (including phenoxy) is 2. The molecule has 3 amide bonds. The molecule has 11 nitrogen and oxygen atoms in total. The Kier molecular flexibility index (Phi) is 9.39. The normalized spacial score (nSPS) is 16.4. The van der Waals surface area contributed by atoms with Gasteiger partial charge in [0.15, 0.2) is 11.5 Å². The van der Waals surface area contributed by atoms with E-state index in [0.29, 0.717) is 17.2 Å². The number of hydrogen-bond donors (Lipinski definition) is 4. The molecule has 40 heavy (non-hydrogen) atoms. The number of non-ortho nitro benzene ring substituents is 1. The molecule has 0 aliphatic heterocycles. The fraction of sp³-hybridized carbons (Fsp3) is 0.310. The number of para-hydroxylation sites is 1. The number of nitrogens with one attached hydrogen (secondary N) is 4. The molecule has 0 spiro atoms. The van der Waals surface area contributed by atoms with Crippen molar-refractivity contribution in [3.8, 4) is 11.5 Å². The zero-order valence-electron chi connectivity index (χ0n) is 22.4. The number of nitro benzene ring substituents is 1. The van der Waals surface area contributed by atoms with Crippen LogP contribution in [0, 0.1) is 10.1 Å². The highest BCUT2D eigenvalue weighted by Gasteiger charge is 2.25. The van der Waals surface area contributed by atoms with Crippen molar-refractivity contribution in [2.75, 3.05) is 24.9 Å². The Hall–Kier alpha value is -4.80. The second kappa shape index (κ2) is 13.3. The first kappa shape index (κ1) is 28.2. The number of amides is 3. The van der Waals surface area contributed by atoms with E-state index in [2.05, 4.69) is 21.3 Å². The Morgan fingerprint density at radius 3 is 2.27 bits per heavy atom. The summed E-state index contributed by atoms with van der Waals surface area (Å²) in [6, 6.07) is 18.6. The van der Waals surface area contributed by atoms with Crippen molar-refractivity contribution in [2.24, 2.45) is 0 Å². The van der Waals surface area contributed by atoms with E-state index in [1.807, 2.05) is 30.3 Å². The van der Waals surface area contributed by atoms with Crippen LogP contribution >= 0.6 is 0 Å². The van der Waals surface area contributed by atoms with Crippen molar-refractivity contribution in [3.05, 3.63) is 88.0 Å². The lowest BCUT2D eigenvalue weighted by molar-refractivity contribution is -0.384. The summed E-state index contributed by atoms with van der Waals surface area (Å²) >= 11 is 0. The van der Waals surface area contributed by atoms with Crippen LogP contribution in [0.25, 0.3) is 0 Å². The number of methoxy groups -OCH3 is 2. The molecule has 0 saturated heterocycles. The molecule has 11 heteroatoms. The maximum absolute atomic E-state index is 13.2. The third kappa shape index (κ3) is 7.40. The molecule has 0 radical (unpaired) electrons. The van der Waals surface area contributed by atoms with Crippen LogP contribution in [0.15, 0.2) is 66.7 Å². The number of anilines is 2. The van der Waals surface area contributed by atoms with Gasteiger partial charge in [0.25, 0.3) is 11.6 Å². The summed E-state index contributed by atoms with van der Waals surface area (Å²) in [6.07, 6.45) is 3.04. The number of benzene rings is 3. The van der Waals surface area contributed by atoms with E-state index in [9.17, 15) is 19.7 Å². The number of rotatable bonds is 10. The summed E-state index contributed by atoms with van der Waals surface area (Å²) in [5.41, 5.74) is 2.06. The lowest BCUT2D eigenvalue weighted by Crippen LogP contribution is -2.42. The topological polar surface area (TPSA) is 144 Å². The molecule has 0 aromatic heterocycles. The Labute approximate surface area is 232 Å². The molecular formula is C29H33N5O6. The van der Waals surface area contributed by atoms with Gasteiger partial charge in [0, 0.05) is 42.1 Å². The highest BCUT2D eigenvalue weighted by atomic mass is 16.6. The number of nitro groups is 1. The second-order valence-electron chi connectivity index (χ2n) is 9.52. The summed E-state index contributed by atoms with van der Waals surface area (Å²) in [5, 5.41) is 23.5. The number of hydrogen-bond acceptors (Lipinski definition) is 7. The fourth-order valence-electron chi connectivity index (χ4n) is 4.70. The quantitative estimate of drug-likeness (QED) is 0.204. The number of carbonyl (C=O) groups is 2. The zero-order valence-corrected chi connectivity index (χ0v) is 22.4. The van der Waals surface area contributed by atoms with Gasteiger partial charge >= 0.3 is 6.03 Å². The molecule has 1 saturated carbocycles. The van der Waals surface area contributed by atoms with Gasteiger partial charge in [-0.25, -0.2) is 4.79 Å². The molecule has 0 unspecified atom stereocenters. The highest BCUT2D eigenvalue weighted by molar-refractivity contribution is 6.00. The summed E-state index contributed by atoms with van der Waals surface area (Å²) in [4.78, 5) is 36.4. The van der Waals surface area contributed by atoms with Crippen molar-refractivity contribution in [1.82, 2.24) is 10.6 Å². The van der Waals surface area contributed by atoms with E-state index in [4.69, 9.17) is 9.47 Å².